The Labute approximate surface area is 196 Å². The summed E-state index contributed by atoms with van der Waals surface area (Å²) in [7, 11) is 0. The number of thioether (sulfide) groups is 1. The van der Waals surface area contributed by atoms with E-state index in [0.29, 0.717) is 15.9 Å². The van der Waals surface area contributed by atoms with Gasteiger partial charge in [-0.2, -0.15) is 0 Å². The number of rotatable bonds is 5. The van der Waals surface area contributed by atoms with Crippen LogP contribution in [0.4, 0.5) is 10.2 Å². The van der Waals surface area contributed by atoms with E-state index in [2.05, 4.69) is 15.3 Å². The third kappa shape index (κ3) is 4.48. The molecular formula is C22H15Cl2FN4O2S. The molecule has 0 aliphatic carbocycles. The SMILES string of the molecule is CC(Sc1nc2ccccc2c(=O)n1-c1ccccc1F)C(=O)Nc1ncc(Cl)cc1Cl. The van der Waals surface area contributed by atoms with Crippen molar-refractivity contribution < 1.29 is 9.18 Å². The summed E-state index contributed by atoms with van der Waals surface area (Å²) in [5, 5.41) is 2.96. The van der Waals surface area contributed by atoms with Crippen LogP contribution >= 0.6 is 35.0 Å². The number of amides is 1. The Bertz CT molecular complexity index is 1400. The lowest BCUT2D eigenvalue weighted by atomic mass is 10.2. The number of hydrogen-bond donors (Lipinski definition) is 1. The van der Waals surface area contributed by atoms with Gasteiger partial charge in [-0.15, -0.1) is 0 Å². The summed E-state index contributed by atoms with van der Waals surface area (Å²) < 4.78 is 15.8. The molecule has 2 aromatic carbocycles. The van der Waals surface area contributed by atoms with Crippen LogP contribution in [0.25, 0.3) is 16.6 Å². The Morgan fingerprint density at radius 1 is 1.16 bits per heavy atom. The lowest BCUT2D eigenvalue weighted by molar-refractivity contribution is -0.115. The molecule has 0 aliphatic rings. The fourth-order valence-electron chi connectivity index (χ4n) is 2.97. The van der Waals surface area contributed by atoms with E-state index in [1.54, 1.807) is 37.3 Å². The van der Waals surface area contributed by atoms with Crippen LogP contribution in [0.3, 0.4) is 0 Å². The van der Waals surface area contributed by atoms with Crippen molar-refractivity contribution in [3.8, 4) is 5.69 Å². The minimum atomic E-state index is -0.713. The second kappa shape index (κ2) is 9.28. The third-order valence-electron chi connectivity index (χ3n) is 4.54. The van der Waals surface area contributed by atoms with Crippen LogP contribution < -0.4 is 10.9 Å². The van der Waals surface area contributed by atoms with E-state index in [0.717, 1.165) is 11.8 Å². The fraction of sp³-hybridized carbons (Fsp3) is 0.0909. The summed E-state index contributed by atoms with van der Waals surface area (Å²) in [6, 6.07) is 14.1. The molecule has 0 radical (unpaired) electrons. The number of benzene rings is 2. The van der Waals surface area contributed by atoms with Gasteiger partial charge in [-0.3, -0.25) is 14.2 Å². The van der Waals surface area contributed by atoms with Crippen LogP contribution in [0.2, 0.25) is 10.0 Å². The Kier molecular flexibility index (Phi) is 6.45. The maximum absolute atomic E-state index is 14.6. The van der Waals surface area contributed by atoms with Gasteiger partial charge >= 0.3 is 0 Å². The Hall–Kier alpha value is -2.94. The highest BCUT2D eigenvalue weighted by molar-refractivity contribution is 8.00. The van der Waals surface area contributed by atoms with Gasteiger partial charge in [0.05, 0.1) is 31.9 Å². The molecule has 32 heavy (non-hydrogen) atoms. The normalized spacial score (nSPS) is 12.0. The second-order valence-corrected chi connectivity index (χ2v) is 8.89. The number of nitrogens with zero attached hydrogens (tertiary/aromatic N) is 3. The quantitative estimate of drug-likeness (QED) is 0.302. The predicted octanol–water partition coefficient (Wildman–Crippen LogP) is 5.35. The molecule has 1 N–H and O–H groups in total. The summed E-state index contributed by atoms with van der Waals surface area (Å²) in [6.45, 7) is 1.64. The third-order valence-corrected chi connectivity index (χ3v) is 6.09. The monoisotopic (exact) mass is 488 g/mol. The van der Waals surface area contributed by atoms with Crippen LogP contribution in [-0.2, 0) is 4.79 Å². The summed E-state index contributed by atoms with van der Waals surface area (Å²) in [5.41, 5.74) is 0.0640. The van der Waals surface area contributed by atoms with E-state index in [4.69, 9.17) is 23.2 Å². The number of fused-ring (bicyclic) bond motifs is 1. The van der Waals surface area contributed by atoms with Crippen molar-refractivity contribution in [2.75, 3.05) is 5.32 Å². The Morgan fingerprint density at radius 2 is 1.88 bits per heavy atom. The van der Waals surface area contributed by atoms with Crippen molar-refractivity contribution in [2.24, 2.45) is 0 Å². The summed E-state index contributed by atoms with van der Waals surface area (Å²) in [6.07, 6.45) is 1.36. The topological polar surface area (TPSA) is 76.9 Å². The molecule has 0 aliphatic heterocycles. The zero-order chi connectivity index (χ0) is 22.8. The molecule has 4 aromatic rings. The van der Waals surface area contributed by atoms with E-state index in [1.165, 1.54) is 35.0 Å². The van der Waals surface area contributed by atoms with Crippen LogP contribution in [0, 0.1) is 5.82 Å². The molecule has 1 unspecified atom stereocenters. The van der Waals surface area contributed by atoms with Gasteiger partial charge in [0.1, 0.15) is 5.82 Å². The number of pyridine rings is 1. The molecule has 2 heterocycles. The van der Waals surface area contributed by atoms with Crippen molar-refractivity contribution in [2.45, 2.75) is 17.3 Å². The number of halogens is 3. The van der Waals surface area contributed by atoms with Crippen LogP contribution in [0.15, 0.2) is 70.7 Å². The largest absolute Gasteiger partial charge is 0.308 e. The lowest BCUT2D eigenvalue weighted by Crippen LogP contribution is -2.27. The van der Waals surface area contributed by atoms with Gasteiger partial charge in [-0.05, 0) is 37.3 Å². The van der Waals surface area contributed by atoms with E-state index in [1.807, 2.05) is 0 Å². The zero-order valence-corrected chi connectivity index (χ0v) is 18.9. The van der Waals surface area contributed by atoms with E-state index >= 15 is 0 Å². The molecule has 6 nitrogen and oxygen atoms in total. The van der Waals surface area contributed by atoms with Crippen LogP contribution in [-0.4, -0.2) is 25.7 Å². The van der Waals surface area contributed by atoms with Gasteiger partial charge in [0.2, 0.25) is 5.91 Å². The first-order valence-electron chi connectivity index (χ1n) is 9.40. The zero-order valence-electron chi connectivity index (χ0n) is 16.6. The van der Waals surface area contributed by atoms with E-state index in [9.17, 15) is 14.0 Å². The average Bonchev–Trinajstić information content (AvgIpc) is 2.77. The van der Waals surface area contributed by atoms with E-state index < -0.39 is 22.5 Å². The van der Waals surface area contributed by atoms with Crippen LogP contribution in [0.5, 0.6) is 0 Å². The summed E-state index contributed by atoms with van der Waals surface area (Å²) in [5.74, 6) is -0.844. The maximum atomic E-state index is 14.6. The van der Waals surface area contributed by atoms with E-state index in [-0.39, 0.29) is 21.7 Å². The minimum absolute atomic E-state index is 0.0493. The van der Waals surface area contributed by atoms with Crippen molar-refractivity contribution in [1.29, 1.82) is 0 Å². The summed E-state index contributed by atoms with van der Waals surface area (Å²) in [4.78, 5) is 34.5. The van der Waals surface area contributed by atoms with Crippen molar-refractivity contribution in [1.82, 2.24) is 14.5 Å². The molecule has 0 fully saturated rings. The second-order valence-electron chi connectivity index (χ2n) is 6.74. The number of carbonyl (C=O) groups excluding carboxylic acids is 1. The molecule has 10 heteroatoms. The molecule has 1 atom stereocenters. The highest BCUT2D eigenvalue weighted by atomic mass is 35.5. The van der Waals surface area contributed by atoms with Crippen LogP contribution in [0.1, 0.15) is 6.92 Å². The highest BCUT2D eigenvalue weighted by Crippen LogP contribution is 2.28. The standard InChI is InChI=1S/C22H15Cl2FN4O2S/c1-12(20(30)28-19-15(24)10-13(23)11-26-19)32-22-27-17-8-4-2-6-14(17)21(31)29(22)18-9-5-3-7-16(18)25/h2-12H,1H3,(H,26,28,30). The van der Waals surface area contributed by atoms with Crippen molar-refractivity contribution in [3.05, 3.63) is 87.0 Å². The number of hydrogen-bond acceptors (Lipinski definition) is 5. The first kappa shape index (κ1) is 22.3. The van der Waals surface area contributed by atoms with Gasteiger partial charge in [-0.25, -0.2) is 14.4 Å². The predicted molar refractivity (Wildman–Crippen MR) is 126 cm³/mol. The molecule has 1 amide bonds. The number of para-hydroxylation sites is 2. The molecular weight excluding hydrogens is 474 g/mol. The number of nitrogens with one attached hydrogen (secondary N) is 1. The Morgan fingerprint density at radius 3 is 2.62 bits per heavy atom. The fourth-order valence-corrected chi connectivity index (χ4v) is 4.32. The number of anilines is 1. The smallest absolute Gasteiger partial charge is 0.266 e. The number of aromatic nitrogens is 3. The maximum Gasteiger partial charge on any atom is 0.266 e. The average molecular weight is 489 g/mol. The highest BCUT2D eigenvalue weighted by Gasteiger charge is 2.22. The molecule has 4 rings (SSSR count). The molecule has 0 spiro atoms. The molecule has 0 saturated heterocycles. The molecule has 2 aromatic heterocycles. The number of carbonyl (C=O) groups is 1. The van der Waals surface area contributed by atoms with Crippen molar-refractivity contribution in [3.63, 3.8) is 0 Å². The molecule has 0 saturated carbocycles. The first-order valence-corrected chi connectivity index (χ1v) is 11.0. The van der Waals surface area contributed by atoms with Gasteiger partial charge in [0.15, 0.2) is 11.0 Å². The first-order chi connectivity index (χ1) is 15.3. The molecule has 162 valence electrons. The van der Waals surface area contributed by atoms with Gasteiger partial charge in [0, 0.05) is 6.20 Å². The van der Waals surface area contributed by atoms with Gasteiger partial charge in [0.25, 0.3) is 5.56 Å². The van der Waals surface area contributed by atoms with Gasteiger partial charge in [-0.1, -0.05) is 59.2 Å². The van der Waals surface area contributed by atoms with Crippen molar-refractivity contribution >= 4 is 57.6 Å². The summed E-state index contributed by atoms with van der Waals surface area (Å²) >= 11 is 12.9. The minimum Gasteiger partial charge on any atom is -0.308 e. The van der Waals surface area contributed by atoms with Gasteiger partial charge < -0.3 is 5.32 Å². The lowest BCUT2D eigenvalue weighted by Gasteiger charge is -2.17. The molecule has 0 bridgehead atoms. The Balaban J connectivity index is 1.73.